The number of benzene rings is 2. The molecule has 2 aromatic carbocycles. The predicted octanol–water partition coefficient (Wildman–Crippen LogP) is 4.30. The van der Waals surface area contributed by atoms with Crippen molar-refractivity contribution in [2.24, 2.45) is 0 Å². The van der Waals surface area contributed by atoms with Crippen LogP contribution >= 0.6 is 0 Å². The quantitative estimate of drug-likeness (QED) is 0.830. The highest BCUT2D eigenvalue weighted by Crippen LogP contribution is 2.34. The van der Waals surface area contributed by atoms with E-state index in [1.54, 1.807) is 0 Å². The van der Waals surface area contributed by atoms with E-state index in [4.69, 9.17) is 4.74 Å². The Bertz CT molecular complexity index is 658. The molecule has 2 aromatic rings. The fourth-order valence-electron chi connectivity index (χ4n) is 2.41. The van der Waals surface area contributed by atoms with Crippen LogP contribution in [0.15, 0.2) is 73.1 Å². The molecule has 3 rings (SSSR count). The lowest BCUT2D eigenvalue weighted by atomic mass is 9.99. The number of anilines is 1. The Morgan fingerprint density at radius 1 is 1.00 bits per heavy atom. The van der Waals surface area contributed by atoms with Crippen molar-refractivity contribution in [1.29, 1.82) is 0 Å². The average molecular weight is 263 g/mol. The second-order valence-corrected chi connectivity index (χ2v) is 5.07. The summed E-state index contributed by atoms with van der Waals surface area (Å²) in [6.45, 7) is 7.94. The second-order valence-electron chi connectivity index (χ2n) is 5.07. The van der Waals surface area contributed by atoms with E-state index in [-0.39, 0.29) is 0 Å². The molecule has 0 saturated carbocycles. The van der Waals surface area contributed by atoms with Gasteiger partial charge in [-0.2, -0.15) is 0 Å². The van der Waals surface area contributed by atoms with Crippen LogP contribution in [0.2, 0.25) is 0 Å². The van der Waals surface area contributed by atoms with Gasteiger partial charge in [-0.15, -0.1) is 0 Å². The van der Waals surface area contributed by atoms with Crippen LogP contribution in [0.5, 0.6) is 5.75 Å². The molecule has 0 aliphatic carbocycles. The minimum absolute atomic E-state index is 0.584. The Kier molecular flexibility index (Phi) is 3.30. The van der Waals surface area contributed by atoms with Crippen LogP contribution in [-0.4, -0.2) is 0 Å². The highest BCUT2D eigenvalue weighted by Gasteiger charge is 2.15. The van der Waals surface area contributed by atoms with E-state index in [9.17, 15) is 0 Å². The smallest absolute Gasteiger partial charge is 0.190 e. The Labute approximate surface area is 119 Å². The molecule has 2 nitrogen and oxygen atoms in total. The SMILES string of the molecule is C=C(Cc1ccccc1)Cc1ccc2c(c1)OC(=C)N2. The van der Waals surface area contributed by atoms with Crippen LogP contribution < -0.4 is 10.1 Å². The number of fused-ring (bicyclic) bond motifs is 1. The van der Waals surface area contributed by atoms with Crippen LogP contribution in [0.1, 0.15) is 11.1 Å². The maximum Gasteiger partial charge on any atom is 0.190 e. The number of ether oxygens (including phenoxy) is 1. The summed E-state index contributed by atoms with van der Waals surface area (Å²) < 4.78 is 5.51. The summed E-state index contributed by atoms with van der Waals surface area (Å²) in [5.74, 6) is 1.43. The zero-order valence-corrected chi connectivity index (χ0v) is 11.4. The van der Waals surface area contributed by atoms with Crippen molar-refractivity contribution in [3.63, 3.8) is 0 Å². The summed E-state index contributed by atoms with van der Waals surface area (Å²) in [5, 5.41) is 3.08. The number of allylic oxidation sites excluding steroid dienone is 1. The summed E-state index contributed by atoms with van der Waals surface area (Å²) in [6.07, 6.45) is 1.77. The lowest BCUT2D eigenvalue weighted by Gasteiger charge is -2.07. The number of rotatable bonds is 4. The molecule has 1 aliphatic heterocycles. The minimum atomic E-state index is 0.584. The third kappa shape index (κ3) is 2.75. The fourth-order valence-corrected chi connectivity index (χ4v) is 2.41. The number of hydrogen-bond acceptors (Lipinski definition) is 2. The van der Waals surface area contributed by atoms with Crippen LogP contribution in [0, 0.1) is 0 Å². The summed E-state index contributed by atoms with van der Waals surface area (Å²) >= 11 is 0. The standard InChI is InChI=1S/C18H17NO/c1-13(10-15-6-4-3-5-7-15)11-16-8-9-17-18(12-16)20-14(2)19-17/h3-9,12,19H,1-2,10-11H2. The first kappa shape index (κ1) is 12.5. The van der Waals surface area contributed by atoms with Crippen molar-refractivity contribution in [3.8, 4) is 5.75 Å². The first-order valence-electron chi connectivity index (χ1n) is 6.68. The molecule has 0 fully saturated rings. The van der Waals surface area contributed by atoms with Gasteiger partial charge >= 0.3 is 0 Å². The van der Waals surface area contributed by atoms with Crippen LogP contribution in [0.3, 0.4) is 0 Å². The van der Waals surface area contributed by atoms with Gasteiger partial charge in [-0.1, -0.05) is 48.6 Å². The number of nitrogens with one attached hydrogen (secondary N) is 1. The molecule has 20 heavy (non-hydrogen) atoms. The Balaban J connectivity index is 1.68. The van der Waals surface area contributed by atoms with E-state index in [0.29, 0.717) is 5.88 Å². The Morgan fingerprint density at radius 3 is 2.55 bits per heavy atom. The third-order valence-corrected chi connectivity index (χ3v) is 3.30. The molecule has 100 valence electrons. The molecule has 0 unspecified atom stereocenters. The van der Waals surface area contributed by atoms with Crippen molar-refractivity contribution in [2.75, 3.05) is 5.32 Å². The molecule has 0 saturated heterocycles. The predicted molar refractivity (Wildman–Crippen MR) is 82.8 cm³/mol. The monoisotopic (exact) mass is 263 g/mol. The van der Waals surface area contributed by atoms with Gasteiger partial charge in [0.2, 0.25) is 0 Å². The lowest BCUT2D eigenvalue weighted by Crippen LogP contribution is -1.94. The van der Waals surface area contributed by atoms with Crippen LogP contribution in [0.4, 0.5) is 5.69 Å². The molecule has 1 heterocycles. The third-order valence-electron chi connectivity index (χ3n) is 3.30. The Morgan fingerprint density at radius 2 is 1.75 bits per heavy atom. The summed E-state index contributed by atoms with van der Waals surface area (Å²) in [7, 11) is 0. The normalized spacial score (nSPS) is 12.5. The Hall–Kier alpha value is -2.48. The van der Waals surface area contributed by atoms with E-state index >= 15 is 0 Å². The molecule has 1 N–H and O–H groups in total. The fraction of sp³-hybridized carbons (Fsp3) is 0.111. The zero-order chi connectivity index (χ0) is 13.9. The van der Waals surface area contributed by atoms with Gasteiger partial charge in [0.15, 0.2) is 11.6 Å². The van der Waals surface area contributed by atoms with E-state index < -0.39 is 0 Å². The largest absolute Gasteiger partial charge is 0.440 e. The average Bonchev–Trinajstić information content (AvgIpc) is 2.79. The lowest BCUT2D eigenvalue weighted by molar-refractivity contribution is 0.459. The molecule has 0 bridgehead atoms. The van der Waals surface area contributed by atoms with Gasteiger partial charge in [0.25, 0.3) is 0 Å². The van der Waals surface area contributed by atoms with Crippen molar-refractivity contribution in [1.82, 2.24) is 0 Å². The maximum atomic E-state index is 5.51. The minimum Gasteiger partial charge on any atom is -0.440 e. The van der Waals surface area contributed by atoms with E-state index in [1.165, 1.54) is 16.7 Å². The maximum absolute atomic E-state index is 5.51. The van der Waals surface area contributed by atoms with Crippen molar-refractivity contribution in [2.45, 2.75) is 12.8 Å². The topological polar surface area (TPSA) is 21.3 Å². The summed E-state index contributed by atoms with van der Waals surface area (Å²) in [5.41, 5.74) is 4.68. The van der Waals surface area contributed by atoms with Gasteiger partial charge in [0, 0.05) is 0 Å². The number of hydrogen-bond donors (Lipinski definition) is 1. The molecule has 1 aliphatic rings. The second kappa shape index (κ2) is 5.25. The van der Waals surface area contributed by atoms with Gasteiger partial charge in [-0.05, 0) is 42.7 Å². The molecule has 0 amide bonds. The van der Waals surface area contributed by atoms with Gasteiger partial charge in [-0.3, -0.25) is 0 Å². The first-order valence-corrected chi connectivity index (χ1v) is 6.68. The summed E-state index contributed by atoms with van der Waals surface area (Å²) in [4.78, 5) is 0. The van der Waals surface area contributed by atoms with Crippen molar-refractivity contribution in [3.05, 3.63) is 84.3 Å². The molecule has 0 atom stereocenters. The van der Waals surface area contributed by atoms with Crippen LogP contribution in [-0.2, 0) is 12.8 Å². The molecule has 2 heteroatoms. The van der Waals surface area contributed by atoms with E-state index in [2.05, 4.69) is 54.9 Å². The zero-order valence-electron chi connectivity index (χ0n) is 11.4. The summed E-state index contributed by atoms with van der Waals surface area (Å²) in [6, 6.07) is 16.6. The molecular weight excluding hydrogens is 246 g/mol. The molecular formula is C18H17NO. The van der Waals surface area contributed by atoms with Gasteiger partial charge in [-0.25, -0.2) is 0 Å². The first-order chi connectivity index (χ1) is 9.70. The molecule has 0 spiro atoms. The highest BCUT2D eigenvalue weighted by molar-refractivity contribution is 5.64. The van der Waals surface area contributed by atoms with E-state index in [0.717, 1.165) is 24.3 Å². The highest BCUT2D eigenvalue weighted by atomic mass is 16.5. The van der Waals surface area contributed by atoms with Gasteiger partial charge in [0.05, 0.1) is 5.69 Å². The van der Waals surface area contributed by atoms with Crippen molar-refractivity contribution < 1.29 is 4.74 Å². The molecule has 0 aromatic heterocycles. The van der Waals surface area contributed by atoms with Crippen LogP contribution in [0.25, 0.3) is 0 Å². The van der Waals surface area contributed by atoms with Gasteiger partial charge in [0.1, 0.15) is 0 Å². The van der Waals surface area contributed by atoms with Gasteiger partial charge < -0.3 is 10.1 Å². The van der Waals surface area contributed by atoms with Crippen molar-refractivity contribution >= 4 is 5.69 Å². The van der Waals surface area contributed by atoms with E-state index in [1.807, 2.05) is 12.1 Å². The molecule has 0 radical (unpaired) electrons.